The van der Waals surface area contributed by atoms with Crippen LogP contribution in [0, 0.1) is 41.4 Å². The summed E-state index contributed by atoms with van der Waals surface area (Å²) in [6.45, 7) is 2.47. The van der Waals surface area contributed by atoms with Gasteiger partial charge in [0.05, 0.1) is 0 Å². The minimum absolute atomic E-state index is 1.16. The fourth-order valence-corrected chi connectivity index (χ4v) is 4.22. The first-order valence-corrected chi connectivity index (χ1v) is 4.39. The van der Waals surface area contributed by atoms with Crippen molar-refractivity contribution in [3.8, 4) is 0 Å². The Labute approximate surface area is 55.6 Å². The molecule has 0 aromatic heterocycles. The van der Waals surface area contributed by atoms with Crippen molar-refractivity contribution in [2.45, 2.75) is 13.3 Å². The Morgan fingerprint density at radius 2 is 1.44 bits per heavy atom. The molecular formula is C9H12. The lowest BCUT2D eigenvalue weighted by atomic mass is 9.60. The van der Waals surface area contributed by atoms with E-state index in [1.807, 2.05) is 0 Å². The normalized spacial score (nSPS) is 87.0. The second kappa shape index (κ2) is 0.810. The van der Waals surface area contributed by atoms with E-state index in [9.17, 15) is 0 Å². The zero-order valence-corrected chi connectivity index (χ0v) is 5.75. The van der Waals surface area contributed by atoms with Crippen LogP contribution >= 0.6 is 0 Å². The minimum atomic E-state index is 1.16. The first kappa shape index (κ1) is 4.00. The summed E-state index contributed by atoms with van der Waals surface area (Å²) in [6.07, 6.45) is 1.63. The van der Waals surface area contributed by atoms with Crippen LogP contribution in [0.4, 0.5) is 0 Å². The summed E-state index contributed by atoms with van der Waals surface area (Å²) in [5.74, 6) is 8.73. The van der Waals surface area contributed by atoms with E-state index in [0.717, 1.165) is 5.92 Å². The lowest BCUT2D eigenvalue weighted by Gasteiger charge is -2.45. The topological polar surface area (TPSA) is 0 Å². The zero-order chi connectivity index (χ0) is 5.75. The number of rotatable bonds is 0. The molecule has 6 unspecified atom stereocenters. The number of hydrogen-bond donors (Lipinski definition) is 0. The Morgan fingerprint density at radius 3 is 2.00 bits per heavy atom. The summed E-state index contributed by atoms with van der Waals surface area (Å²) in [5.41, 5.74) is 0. The van der Waals surface area contributed by atoms with Gasteiger partial charge in [-0.05, 0) is 47.8 Å². The maximum Gasteiger partial charge on any atom is -0.0315 e. The Bertz CT molecular complexity index is 176. The molecule has 0 N–H and O–H groups in total. The van der Waals surface area contributed by atoms with Crippen LogP contribution in [0.1, 0.15) is 13.3 Å². The van der Waals surface area contributed by atoms with Gasteiger partial charge in [0.1, 0.15) is 0 Å². The molecule has 48 valence electrons. The average Bonchev–Trinajstić information content (AvgIpc) is 2.55. The fourth-order valence-electron chi connectivity index (χ4n) is 4.22. The molecule has 4 fully saturated rings. The van der Waals surface area contributed by atoms with Crippen LogP contribution in [0.2, 0.25) is 0 Å². The molecule has 4 rings (SSSR count). The van der Waals surface area contributed by atoms with Crippen LogP contribution < -0.4 is 0 Å². The molecule has 4 aliphatic rings. The van der Waals surface area contributed by atoms with Gasteiger partial charge in [-0.2, -0.15) is 0 Å². The summed E-state index contributed by atoms with van der Waals surface area (Å²) in [4.78, 5) is 0. The van der Waals surface area contributed by atoms with Gasteiger partial charge in [0, 0.05) is 0 Å². The van der Waals surface area contributed by atoms with Crippen molar-refractivity contribution in [3.05, 3.63) is 0 Å². The molecule has 0 amide bonds. The molecular weight excluding hydrogens is 108 g/mol. The molecule has 0 heterocycles. The lowest BCUT2D eigenvalue weighted by Crippen LogP contribution is -2.41. The predicted octanol–water partition coefficient (Wildman–Crippen LogP) is 1.76. The van der Waals surface area contributed by atoms with Gasteiger partial charge in [0.25, 0.3) is 0 Å². The van der Waals surface area contributed by atoms with Crippen molar-refractivity contribution in [2.75, 3.05) is 0 Å². The smallest absolute Gasteiger partial charge is 0.0315 e. The highest BCUT2D eigenvalue weighted by Gasteiger charge is 2.81. The SMILES string of the molecule is CC1C2C1C1C3CC3C21. The predicted molar refractivity (Wildman–Crippen MR) is 34.7 cm³/mol. The number of fused-ring (bicyclic) bond motifs is 7. The molecule has 0 aromatic carbocycles. The third kappa shape index (κ3) is 0.222. The molecule has 0 spiro atoms. The van der Waals surface area contributed by atoms with Crippen LogP contribution in [-0.4, -0.2) is 0 Å². The largest absolute Gasteiger partial charge is 0.0619 e. The summed E-state index contributed by atoms with van der Waals surface area (Å²) >= 11 is 0. The molecule has 0 saturated heterocycles. The van der Waals surface area contributed by atoms with Crippen LogP contribution in [0.15, 0.2) is 0 Å². The molecule has 0 aliphatic heterocycles. The highest BCUT2D eigenvalue weighted by Crippen LogP contribution is 2.86. The fraction of sp³-hybridized carbons (Fsp3) is 1.00. The Hall–Kier alpha value is 0. The molecule has 4 aliphatic carbocycles. The summed E-state index contributed by atoms with van der Waals surface area (Å²) < 4.78 is 0. The van der Waals surface area contributed by atoms with Gasteiger partial charge in [0.2, 0.25) is 0 Å². The van der Waals surface area contributed by atoms with Crippen LogP contribution in [0.3, 0.4) is 0 Å². The first-order chi connectivity index (χ1) is 4.39. The van der Waals surface area contributed by atoms with E-state index < -0.39 is 0 Å². The Morgan fingerprint density at radius 1 is 0.889 bits per heavy atom. The van der Waals surface area contributed by atoms with Crippen molar-refractivity contribution >= 4 is 0 Å². The van der Waals surface area contributed by atoms with Gasteiger partial charge in [-0.1, -0.05) is 6.92 Å². The van der Waals surface area contributed by atoms with Gasteiger partial charge >= 0.3 is 0 Å². The van der Waals surface area contributed by atoms with E-state index in [-0.39, 0.29) is 0 Å². The number of hydrogen-bond acceptors (Lipinski definition) is 0. The Kier molecular flexibility index (Phi) is 0.360. The highest BCUT2D eigenvalue weighted by molar-refractivity contribution is 5.28. The van der Waals surface area contributed by atoms with Crippen LogP contribution in [-0.2, 0) is 0 Å². The molecule has 0 radical (unpaired) electrons. The van der Waals surface area contributed by atoms with Crippen LogP contribution in [0.5, 0.6) is 0 Å². The van der Waals surface area contributed by atoms with Crippen molar-refractivity contribution < 1.29 is 0 Å². The Balaban J connectivity index is 1.79. The van der Waals surface area contributed by atoms with Gasteiger partial charge < -0.3 is 0 Å². The molecule has 0 aromatic rings. The van der Waals surface area contributed by atoms with E-state index in [4.69, 9.17) is 0 Å². The van der Waals surface area contributed by atoms with Crippen molar-refractivity contribution in [3.63, 3.8) is 0 Å². The summed E-state index contributed by atoms with van der Waals surface area (Å²) in [6, 6.07) is 0. The second-order valence-corrected chi connectivity index (χ2v) is 4.73. The van der Waals surface area contributed by atoms with Gasteiger partial charge in [-0.3, -0.25) is 0 Å². The lowest BCUT2D eigenvalue weighted by molar-refractivity contribution is 0.0202. The van der Waals surface area contributed by atoms with E-state index in [1.54, 1.807) is 6.42 Å². The maximum absolute atomic E-state index is 2.47. The van der Waals surface area contributed by atoms with Crippen molar-refractivity contribution in [2.24, 2.45) is 41.4 Å². The van der Waals surface area contributed by atoms with Crippen molar-refractivity contribution in [1.29, 1.82) is 0 Å². The van der Waals surface area contributed by atoms with Gasteiger partial charge in [0.15, 0.2) is 0 Å². The van der Waals surface area contributed by atoms with E-state index >= 15 is 0 Å². The molecule has 9 heavy (non-hydrogen) atoms. The van der Waals surface area contributed by atoms with Gasteiger partial charge in [-0.15, -0.1) is 0 Å². The van der Waals surface area contributed by atoms with Crippen LogP contribution in [0.25, 0.3) is 0 Å². The highest BCUT2D eigenvalue weighted by atomic mass is 14.9. The van der Waals surface area contributed by atoms with E-state index in [1.165, 1.54) is 35.5 Å². The monoisotopic (exact) mass is 120 g/mol. The van der Waals surface area contributed by atoms with E-state index in [2.05, 4.69) is 6.92 Å². The summed E-state index contributed by atoms with van der Waals surface area (Å²) in [5, 5.41) is 0. The average molecular weight is 120 g/mol. The molecule has 0 heteroatoms. The second-order valence-electron chi connectivity index (χ2n) is 4.73. The van der Waals surface area contributed by atoms with Gasteiger partial charge in [-0.25, -0.2) is 0 Å². The standard InChI is InChI=1S/C9H12/c1-3-6-7(3)9-5-2-4(5)8(6)9/h3-9H,2H2,1H3. The third-order valence-corrected chi connectivity index (χ3v) is 4.73. The quantitative estimate of drug-likeness (QED) is 0.457. The third-order valence-electron chi connectivity index (χ3n) is 4.73. The minimum Gasteiger partial charge on any atom is -0.0619 e. The zero-order valence-electron chi connectivity index (χ0n) is 5.75. The van der Waals surface area contributed by atoms with Crippen molar-refractivity contribution in [1.82, 2.24) is 0 Å². The summed E-state index contributed by atoms with van der Waals surface area (Å²) in [7, 11) is 0. The first-order valence-electron chi connectivity index (χ1n) is 4.39. The maximum atomic E-state index is 2.47. The molecule has 6 atom stereocenters. The van der Waals surface area contributed by atoms with E-state index in [0.29, 0.717) is 0 Å². The molecule has 0 bridgehead atoms. The molecule has 4 saturated carbocycles. The molecule has 0 nitrogen and oxygen atoms in total.